The fraction of sp³-hybridized carbons (Fsp3) is 0.0833. The quantitative estimate of drug-likeness (QED) is 0.766. The number of halogens is 2. The van der Waals surface area contributed by atoms with Gasteiger partial charge in [-0.3, -0.25) is 0 Å². The number of nitrogens with one attached hydrogen (secondary N) is 1. The first-order valence-corrected chi connectivity index (χ1v) is 6.67. The smallest absolute Gasteiger partial charge is 0.144 e. The third-order valence-corrected chi connectivity index (χ3v) is 3.84. The molecule has 0 atom stereocenters. The molecule has 1 heterocycles. The van der Waals surface area contributed by atoms with Gasteiger partial charge in [0.05, 0.1) is 4.47 Å². The molecule has 0 aliphatic heterocycles. The van der Waals surface area contributed by atoms with E-state index in [1.807, 2.05) is 25.1 Å². The molecule has 0 saturated carbocycles. The zero-order chi connectivity index (χ0) is 11.5. The van der Waals surface area contributed by atoms with Gasteiger partial charge in [0.25, 0.3) is 0 Å². The van der Waals surface area contributed by atoms with Crippen LogP contribution in [0.15, 0.2) is 41.0 Å². The van der Waals surface area contributed by atoms with E-state index in [0.717, 1.165) is 16.0 Å². The largest absolute Gasteiger partial charge is 0.339 e. The Morgan fingerprint density at radius 3 is 2.88 bits per heavy atom. The fourth-order valence-electron chi connectivity index (χ4n) is 1.33. The first-order chi connectivity index (χ1) is 7.66. The zero-order valence-corrected chi connectivity index (χ0v) is 12.4. The molecule has 2 rings (SSSR count). The monoisotopic (exact) mass is 388 g/mol. The molecular formula is C12H10BrIN2. The molecule has 1 aromatic carbocycles. The number of benzene rings is 1. The molecule has 0 bridgehead atoms. The number of hydrogen-bond donors (Lipinski definition) is 1. The number of hydrogen-bond acceptors (Lipinski definition) is 2. The van der Waals surface area contributed by atoms with Crippen molar-refractivity contribution in [2.45, 2.75) is 6.92 Å². The number of aromatic nitrogens is 1. The Labute approximate surface area is 117 Å². The molecule has 0 aliphatic rings. The molecular weight excluding hydrogens is 379 g/mol. The summed E-state index contributed by atoms with van der Waals surface area (Å²) >= 11 is 5.82. The van der Waals surface area contributed by atoms with Gasteiger partial charge in [-0.2, -0.15) is 0 Å². The number of anilines is 2. The molecule has 1 aromatic heterocycles. The molecule has 82 valence electrons. The van der Waals surface area contributed by atoms with E-state index in [9.17, 15) is 0 Å². The summed E-state index contributed by atoms with van der Waals surface area (Å²) in [6.07, 6.45) is 1.80. The lowest BCUT2D eigenvalue weighted by Crippen LogP contribution is -1.95. The van der Waals surface area contributed by atoms with Crippen molar-refractivity contribution in [3.63, 3.8) is 0 Å². The summed E-state index contributed by atoms with van der Waals surface area (Å²) in [4.78, 5) is 4.30. The van der Waals surface area contributed by atoms with Crippen molar-refractivity contribution < 1.29 is 0 Å². The Bertz CT molecular complexity index is 514. The van der Waals surface area contributed by atoms with Crippen molar-refractivity contribution in [2.24, 2.45) is 0 Å². The molecule has 1 N–H and O–H groups in total. The summed E-state index contributed by atoms with van der Waals surface area (Å²) < 4.78 is 2.21. The van der Waals surface area contributed by atoms with Gasteiger partial charge in [-0.15, -0.1) is 0 Å². The van der Waals surface area contributed by atoms with Crippen molar-refractivity contribution in [2.75, 3.05) is 5.32 Å². The highest BCUT2D eigenvalue weighted by Crippen LogP contribution is 2.26. The van der Waals surface area contributed by atoms with Gasteiger partial charge < -0.3 is 5.32 Å². The van der Waals surface area contributed by atoms with Crippen molar-refractivity contribution >= 4 is 50.0 Å². The van der Waals surface area contributed by atoms with Gasteiger partial charge in [0.2, 0.25) is 0 Å². The maximum absolute atomic E-state index is 4.30. The average molecular weight is 389 g/mol. The van der Waals surface area contributed by atoms with Gasteiger partial charge in [0.15, 0.2) is 0 Å². The Morgan fingerprint density at radius 2 is 2.12 bits per heavy atom. The highest BCUT2D eigenvalue weighted by atomic mass is 127. The van der Waals surface area contributed by atoms with Crippen LogP contribution in [0.1, 0.15) is 5.56 Å². The van der Waals surface area contributed by atoms with E-state index < -0.39 is 0 Å². The first kappa shape index (κ1) is 11.9. The summed E-state index contributed by atoms with van der Waals surface area (Å²) in [6.45, 7) is 2.05. The Hall–Kier alpha value is -0.620. The van der Waals surface area contributed by atoms with Gasteiger partial charge >= 0.3 is 0 Å². The van der Waals surface area contributed by atoms with Gasteiger partial charge in [-0.25, -0.2) is 4.98 Å². The Morgan fingerprint density at radius 1 is 1.31 bits per heavy atom. The molecule has 16 heavy (non-hydrogen) atoms. The normalized spacial score (nSPS) is 10.2. The van der Waals surface area contributed by atoms with Crippen LogP contribution in [0, 0.1) is 10.5 Å². The van der Waals surface area contributed by atoms with Crippen molar-refractivity contribution in [3.05, 3.63) is 50.1 Å². The van der Waals surface area contributed by atoms with E-state index in [2.05, 4.69) is 61.0 Å². The van der Waals surface area contributed by atoms with E-state index in [1.165, 1.54) is 9.13 Å². The van der Waals surface area contributed by atoms with Crippen molar-refractivity contribution in [1.82, 2.24) is 4.98 Å². The van der Waals surface area contributed by atoms with E-state index in [1.54, 1.807) is 6.20 Å². The van der Waals surface area contributed by atoms with Crippen LogP contribution >= 0.6 is 38.5 Å². The van der Waals surface area contributed by atoms with Gasteiger partial charge in [-0.1, -0.05) is 6.07 Å². The predicted molar refractivity (Wildman–Crippen MR) is 79.1 cm³/mol. The number of rotatable bonds is 2. The fourth-order valence-corrected chi connectivity index (χ4v) is 2.21. The SMILES string of the molecule is Cc1ccnc(Nc2cccc(I)c2)c1Br. The highest BCUT2D eigenvalue weighted by Gasteiger charge is 2.03. The van der Waals surface area contributed by atoms with E-state index >= 15 is 0 Å². The molecule has 0 fully saturated rings. The molecule has 0 saturated heterocycles. The molecule has 0 amide bonds. The summed E-state index contributed by atoms with van der Waals surface area (Å²) in [5, 5.41) is 3.29. The van der Waals surface area contributed by atoms with Crippen molar-refractivity contribution in [1.29, 1.82) is 0 Å². The summed E-state index contributed by atoms with van der Waals surface area (Å²) in [7, 11) is 0. The molecule has 0 aliphatic carbocycles. The number of aryl methyl sites for hydroxylation is 1. The van der Waals surface area contributed by atoms with Gasteiger partial charge in [-0.05, 0) is 75.3 Å². The highest BCUT2D eigenvalue weighted by molar-refractivity contribution is 14.1. The summed E-state index contributed by atoms with van der Waals surface area (Å²) in [5.41, 5.74) is 2.22. The van der Waals surface area contributed by atoms with Crippen LogP contribution in [0.25, 0.3) is 0 Å². The Kier molecular flexibility index (Phi) is 3.81. The molecule has 0 radical (unpaired) electrons. The topological polar surface area (TPSA) is 24.9 Å². The summed E-state index contributed by atoms with van der Waals surface area (Å²) in [6, 6.07) is 10.2. The average Bonchev–Trinajstić information content (AvgIpc) is 2.25. The minimum Gasteiger partial charge on any atom is -0.339 e. The van der Waals surface area contributed by atoms with Crippen LogP contribution in [-0.4, -0.2) is 4.98 Å². The third kappa shape index (κ3) is 2.74. The lowest BCUT2D eigenvalue weighted by atomic mass is 10.3. The maximum Gasteiger partial charge on any atom is 0.144 e. The lowest BCUT2D eigenvalue weighted by molar-refractivity contribution is 1.25. The molecule has 2 aromatic rings. The molecule has 0 spiro atoms. The second-order valence-electron chi connectivity index (χ2n) is 3.43. The second-order valence-corrected chi connectivity index (χ2v) is 5.46. The van der Waals surface area contributed by atoms with E-state index in [-0.39, 0.29) is 0 Å². The van der Waals surface area contributed by atoms with Gasteiger partial charge in [0.1, 0.15) is 5.82 Å². The predicted octanol–water partition coefficient (Wildman–Crippen LogP) is 4.50. The minimum absolute atomic E-state index is 0.849. The minimum atomic E-state index is 0.849. The number of nitrogens with zero attached hydrogens (tertiary/aromatic N) is 1. The standard InChI is InChI=1S/C12H10BrIN2/c1-8-5-6-15-12(11(8)13)16-10-4-2-3-9(14)7-10/h2-7H,1H3,(H,15,16). The van der Waals surface area contributed by atoms with E-state index in [4.69, 9.17) is 0 Å². The first-order valence-electron chi connectivity index (χ1n) is 4.80. The lowest BCUT2D eigenvalue weighted by Gasteiger charge is -2.09. The molecule has 4 heteroatoms. The van der Waals surface area contributed by atoms with Crippen LogP contribution in [-0.2, 0) is 0 Å². The van der Waals surface area contributed by atoms with Crippen LogP contribution in [0.2, 0.25) is 0 Å². The zero-order valence-electron chi connectivity index (χ0n) is 8.67. The third-order valence-electron chi connectivity index (χ3n) is 2.17. The van der Waals surface area contributed by atoms with Crippen LogP contribution in [0.3, 0.4) is 0 Å². The maximum atomic E-state index is 4.30. The van der Waals surface area contributed by atoms with E-state index in [0.29, 0.717) is 0 Å². The summed E-state index contributed by atoms with van der Waals surface area (Å²) in [5.74, 6) is 0.849. The molecule has 0 unspecified atom stereocenters. The second kappa shape index (κ2) is 5.14. The van der Waals surface area contributed by atoms with Crippen LogP contribution < -0.4 is 5.32 Å². The van der Waals surface area contributed by atoms with Gasteiger partial charge in [0, 0.05) is 15.5 Å². The van der Waals surface area contributed by atoms with Crippen LogP contribution in [0.5, 0.6) is 0 Å². The molecule has 2 nitrogen and oxygen atoms in total. The number of pyridine rings is 1. The van der Waals surface area contributed by atoms with Crippen LogP contribution in [0.4, 0.5) is 11.5 Å². The Balaban J connectivity index is 2.31. The van der Waals surface area contributed by atoms with Crippen molar-refractivity contribution in [3.8, 4) is 0 Å².